The summed E-state index contributed by atoms with van der Waals surface area (Å²) in [6, 6.07) is 3.47. The molecule has 0 fully saturated rings. The van der Waals surface area contributed by atoms with Crippen LogP contribution in [0.1, 0.15) is 28.3 Å². The van der Waals surface area contributed by atoms with E-state index in [1.54, 1.807) is 0 Å². The molecule has 0 spiro atoms. The number of aromatic nitrogens is 2. The molecular formula is C15H17F2N3. The molecule has 0 bridgehead atoms. The van der Waals surface area contributed by atoms with Gasteiger partial charge in [-0.1, -0.05) is 0 Å². The molecule has 0 radical (unpaired) electrons. The first kappa shape index (κ1) is 14.5. The van der Waals surface area contributed by atoms with Gasteiger partial charge in [0.25, 0.3) is 0 Å². The Hall–Kier alpha value is -1.88. The normalized spacial score (nSPS) is 10.8. The minimum atomic E-state index is -0.583. The fourth-order valence-corrected chi connectivity index (χ4v) is 2.22. The fourth-order valence-electron chi connectivity index (χ4n) is 2.22. The minimum absolute atomic E-state index is 0.316. The van der Waals surface area contributed by atoms with Crippen molar-refractivity contribution < 1.29 is 8.78 Å². The Morgan fingerprint density at radius 3 is 2.05 bits per heavy atom. The van der Waals surface area contributed by atoms with Crippen molar-refractivity contribution in [1.82, 2.24) is 15.3 Å². The summed E-state index contributed by atoms with van der Waals surface area (Å²) < 4.78 is 26.3. The average molecular weight is 277 g/mol. The topological polar surface area (TPSA) is 37.8 Å². The second kappa shape index (κ2) is 6.05. The van der Waals surface area contributed by atoms with Crippen LogP contribution < -0.4 is 5.32 Å². The first-order chi connectivity index (χ1) is 9.49. The molecule has 0 aliphatic carbocycles. The maximum absolute atomic E-state index is 13.2. The Kier molecular flexibility index (Phi) is 4.39. The molecule has 106 valence electrons. The van der Waals surface area contributed by atoms with Crippen molar-refractivity contribution in [2.45, 2.75) is 26.8 Å². The molecule has 1 heterocycles. The van der Waals surface area contributed by atoms with E-state index in [0.717, 1.165) is 23.0 Å². The molecule has 1 aromatic carbocycles. The lowest BCUT2D eigenvalue weighted by atomic mass is 10.1. The Bertz CT molecular complexity index is 583. The van der Waals surface area contributed by atoms with E-state index in [-0.39, 0.29) is 0 Å². The maximum atomic E-state index is 13.2. The molecule has 0 saturated heterocycles. The van der Waals surface area contributed by atoms with Crippen LogP contribution in [0.15, 0.2) is 18.2 Å². The molecule has 0 atom stereocenters. The van der Waals surface area contributed by atoms with Gasteiger partial charge < -0.3 is 5.32 Å². The summed E-state index contributed by atoms with van der Waals surface area (Å²) in [4.78, 5) is 8.82. The van der Waals surface area contributed by atoms with Crippen molar-refractivity contribution in [1.29, 1.82) is 0 Å². The molecule has 2 aromatic rings. The zero-order chi connectivity index (χ0) is 14.7. The summed E-state index contributed by atoms with van der Waals surface area (Å²) in [6.45, 7) is 4.53. The predicted molar refractivity (Wildman–Crippen MR) is 73.4 cm³/mol. The van der Waals surface area contributed by atoms with Gasteiger partial charge in [-0.3, -0.25) is 0 Å². The predicted octanol–water partition coefficient (Wildman–Crippen LogP) is 2.68. The summed E-state index contributed by atoms with van der Waals surface area (Å²) in [5.74, 6) is -0.592. The summed E-state index contributed by atoms with van der Waals surface area (Å²) in [5.41, 5.74) is 3.36. The molecule has 0 aliphatic rings. The maximum Gasteiger partial charge on any atom is 0.133 e. The van der Waals surface area contributed by atoms with E-state index in [9.17, 15) is 8.78 Å². The summed E-state index contributed by atoms with van der Waals surface area (Å²) in [5, 5.41) is 3.07. The van der Waals surface area contributed by atoms with Crippen LogP contribution in [-0.2, 0) is 13.0 Å². The summed E-state index contributed by atoms with van der Waals surface area (Å²) in [6.07, 6.45) is 0.316. The van der Waals surface area contributed by atoms with Gasteiger partial charge in [0.1, 0.15) is 17.5 Å². The second-order valence-corrected chi connectivity index (χ2v) is 4.77. The number of halogens is 2. The van der Waals surface area contributed by atoms with Crippen LogP contribution in [0, 0.1) is 25.5 Å². The van der Waals surface area contributed by atoms with E-state index in [1.165, 1.54) is 12.1 Å². The van der Waals surface area contributed by atoms with Gasteiger partial charge in [0.05, 0.1) is 0 Å². The van der Waals surface area contributed by atoms with E-state index in [2.05, 4.69) is 15.3 Å². The van der Waals surface area contributed by atoms with Crippen LogP contribution >= 0.6 is 0 Å². The quantitative estimate of drug-likeness (QED) is 0.933. The van der Waals surface area contributed by atoms with Crippen molar-refractivity contribution in [3.63, 3.8) is 0 Å². The van der Waals surface area contributed by atoms with Crippen molar-refractivity contribution in [3.05, 3.63) is 58.2 Å². The van der Waals surface area contributed by atoms with E-state index in [0.29, 0.717) is 24.4 Å². The van der Waals surface area contributed by atoms with Gasteiger partial charge in [-0.05, 0) is 38.6 Å². The lowest BCUT2D eigenvalue weighted by molar-refractivity contribution is 0.580. The number of rotatable bonds is 4. The summed E-state index contributed by atoms with van der Waals surface area (Å²) >= 11 is 0. The number of hydrogen-bond donors (Lipinski definition) is 1. The Morgan fingerprint density at radius 2 is 1.55 bits per heavy atom. The van der Waals surface area contributed by atoms with Gasteiger partial charge in [0.2, 0.25) is 0 Å². The molecule has 1 N–H and O–H groups in total. The molecule has 0 saturated carbocycles. The Balaban J connectivity index is 2.30. The third-order valence-electron chi connectivity index (χ3n) is 3.11. The lowest BCUT2D eigenvalue weighted by Crippen LogP contribution is -2.12. The van der Waals surface area contributed by atoms with Gasteiger partial charge >= 0.3 is 0 Å². The fraction of sp³-hybridized carbons (Fsp3) is 0.333. The van der Waals surface area contributed by atoms with E-state index in [4.69, 9.17) is 0 Å². The average Bonchev–Trinajstić information content (AvgIpc) is 2.32. The molecule has 3 nitrogen and oxygen atoms in total. The van der Waals surface area contributed by atoms with Gasteiger partial charge in [-0.25, -0.2) is 18.7 Å². The highest BCUT2D eigenvalue weighted by Crippen LogP contribution is 2.14. The molecule has 5 heteroatoms. The standard InChI is InChI=1S/C15H17F2N3/c1-9-14(8-18-3)10(2)20-15(19-9)6-11-4-12(16)7-13(17)5-11/h4-5,7,18H,6,8H2,1-3H3. The van der Waals surface area contributed by atoms with Crippen molar-refractivity contribution >= 4 is 0 Å². The highest BCUT2D eigenvalue weighted by molar-refractivity contribution is 5.27. The number of nitrogens with zero attached hydrogens (tertiary/aromatic N) is 2. The van der Waals surface area contributed by atoms with Crippen LogP contribution in [0.25, 0.3) is 0 Å². The molecular weight excluding hydrogens is 260 g/mol. The first-order valence-electron chi connectivity index (χ1n) is 6.42. The van der Waals surface area contributed by atoms with Crippen LogP contribution in [-0.4, -0.2) is 17.0 Å². The second-order valence-electron chi connectivity index (χ2n) is 4.77. The van der Waals surface area contributed by atoms with Crippen LogP contribution in [0.3, 0.4) is 0 Å². The van der Waals surface area contributed by atoms with Gasteiger partial charge in [-0.15, -0.1) is 0 Å². The molecule has 2 rings (SSSR count). The number of aryl methyl sites for hydroxylation is 2. The van der Waals surface area contributed by atoms with Crippen LogP contribution in [0.4, 0.5) is 8.78 Å². The Labute approximate surface area is 117 Å². The molecule has 0 amide bonds. The SMILES string of the molecule is CNCc1c(C)nc(Cc2cc(F)cc(F)c2)nc1C. The van der Waals surface area contributed by atoms with E-state index < -0.39 is 11.6 Å². The summed E-state index contributed by atoms with van der Waals surface area (Å²) in [7, 11) is 1.86. The van der Waals surface area contributed by atoms with Gasteiger partial charge in [0, 0.05) is 36.0 Å². The first-order valence-corrected chi connectivity index (χ1v) is 6.42. The molecule has 20 heavy (non-hydrogen) atoms. The van der Waals surface area contributed by atoms with Gasteiger partial charge in [0.15, 0.2) is 0 Å². The molecule has 1 aromatic heterocycles. The smallest absolute Gasteiger partial charge is 0.133 e. The number of benzene rings is 1. The van der Waals surface area contributed by atoms with Crippen molar-refractivity contribution in [3.8, 4) is 0 Å². The third kappa shape index (κ3) is 3.36. The van der Waals surface area contributed by atoms with Crippen LogP contribution in [0.5, 0.6) is 0 Å². The number of hydrogen-bond acceptors (Lipinski definition) is 3. The van der Waals surface area contributed by atoms with Crippen molar-refractivity contribution in [2.24, 2.45) is 0 Å². The van der Waals surface area contributed by atoms with Gasteiger partial charge in [-0.2, -0.15) is 0 Å². The zero-order valence-electron chi connectivity index (χ0n) is 11.8. The van der Waals surface area contributed by atoms with Crippen molar-refractivity contribution in [2.75, 3.05) is 7.05 Å². The third-order valence-corrected chi connectivity index (χ3v) is 3.11. The molecule has 0 unspecified atom stereocenters. The largest absolute Gasteiger partial charge is 0.316 e. The van der Waals surface area contributed by atoms with E-state index >= 15 is 0 Å². The highest BCUT2D eigenvalue weighted by atomic mass is 19.1. The van der Waals surface area contributed by atoms with Crippen LogP contribution in [0.2, 0.25) is 0 Å². The lowest BCUT2D eigenvalue weighted by Gasteiger charge is -2.10. The Morgan fingerprint density at radius 1 is 1.00 bits per heavy atom. The highest BCUT2D eigenvalue weighted by Gasteiger charge is 2.09. The molecule has 0 aliphatic heterocycles. The van der Waals surface area contributed by atoms with E-state index in [1.807, 2.05) is 20.9 Å². The number of nitrogens with one attached hydrogen (secondary N) is 1. The monoisotopic (exact) mass is 277 g/mol. The minimum Gasteiger partial charge on any atom is -0.316 e. The zero-order valence-corrected chi connectivity index (χ0v) is 11.8.